The van der Waals surface area contributed by atoms with Gasteiger partial charge < -0.3 is 15.0 Å². The summed E-state index contributed by atoms with van der Waals surface area (Å²) in [5, 5.41) is 11.3. The smallest absolute Gasteiger partial charge is 0.356 e. The molecular formula is C11H13N3O3. The Balaban J connectivity index is 2.29. The van der Waals surface area contributed by atoms with Crippen molar-refractivity contribution in [3.63, 3.8) is 0 Å². The van der Waals surface area contributed by atoms with Gasteiger partial charge in [0.2, 0.25) is 5.91 Å². The van der Waals surface area contributed by atoms with Crippen molar-refractivity contribution in [2.75, 3.05) is 6.54 Å². The molecule has 0 radical (unpaired) electrons. The Morgan fingerprint density at radius 3 is 2.94 bits per heavy atom. The predicted octanol–water partition coefficient (Wildman–Crippen LogP) is 0.111. The summed E-state index contributed by atoms with van der Waals surface area (Å²) in [5.41, 5.74) is -0.0105. The number of nitrogens with zero attached hydrogens (tertiary/aromatic N) is 2. The van der Waals surface area contributed by atoms with E-state index in [1.807, 2.05) is 0 Å². The third-order valence-electron chi connectivity index (χ3n) is 2.04. The molecule has 1 heterocycles. The number of carboxylic acid groups (broad SMARTS) is 1. The third-order valence-corrected chi connectivity index (χ3v) is 2.04. The van der Waals surface area contributed by atoms with E-state index < -0.39 is 5.97 Å². The lowest BCUT2D eigenvalue weighted by Gasteiger charge is -2.04. The zero-order chi connectivity index (χ0) is 12.7. The van der Waals surface area contributed by atoms with Crippen LogP contribution in [0.1, 0.15) is 23.3 Å². The summed E-state index contributed by atoms with van der Waals surface area (Å²) in [5.74, 6) is 1.20. The summed E-state index contributed by atoms with van der Waals surface area (Å²) in [6.07, 6.45) is 8.58. The fourth-order valence-corrected chi connectivity index (χ4v) is 1.19. The van der Waals surface area contributed by atoms with Crippen molar-refractivity contribution < 1.29 is 14.7 Å². The number of carbonyl (C=O) groups excluding carboxylic acids is 1. The van der Waals surface area contributed by atoms with Gasteiger partial charge in [-0.15, -0.1) is 12.3 Å². The van der Waals surface area contributed by atoms with Crippen LogP contribution in [0, 0.1) is 12.3 Å². The van der Waals surface area contributed by atoms with Crippen molar-refractivity contribution in [3.05, 3.63) is 18.2 Å². The van der Waals surface area contributed by atoms with Crippen molar-refractivity contribution in [2.45, 2.75) is 19.4 Å². The SMILES string of the molecule is C#CCCC(=O)NCCn1cnc(C(=O)O)c1. The number of nitrogens with one attached hydrogen (secondary N) is 1. The fourth-order valence-electron chi connectivity index (χ4n) is 1.19. The first kappa shape index (κ1) is 12.8. The lowest BCUT2D eigenvalue weighted by molar-refractivity contribution is -0.121. The first-order valence-corrected chi connectivity index (χ1v) is 5.08. The van der Waals surface area contributed by atoms with Crippen LogP contribution in [-0.2, 0) is 11.3 Å². The zero-order valence-electron chi connectivity index (χ0n) is 9.22. The molecule has 0 aliphatic rings. The fraction of sp³-hybridized carbons (Fsp3) is 0.364. The highest BCUT2D eigenvalue weighted by molar-refractivity contribution is 5.84. The number of hydrogen-bond donors (Lipinski definition) is 2. The first-order valence-electron chi connectivity index (χ1n) is 5.08. The van der Waals surface area contributed by atoms with Crippen LogP contribution < -0.4 is 5.32 Å². The molecule has 0 fully saturated rings. The number of imidazole rings is 1. The van der Waals surface area contributed by atoms with Crippen LogP contribution in [0.5, 0.6) is 0 Å². The minimum atomic E-state index is -1.07. The highest BCUT2D eigenvalue weighted by Crippen LogP contribution is 1.95. The quantitative estimate of drug-likeness (QED) is 0.685. The molecule has 1 aromatic rings. The van der Waals surface area contributed by atoms with E-state index in [9.17, 15) is 9.59 Å². The number of hydrogen-bond acceptors (Lipinski definition) is 3. The molecule has 6 heteroatoms. The zero-order valence-corrected chi connectivity index (χ0v) is 9.22. The summed E-state index contributed by atoms with van der Waals surface area (Å²) in [4.78, 5) is 25.4. The number of terminal acetylenes is 1. The van der Waals surface area contributed by atoms with E-state index in [-0.39, 0.29) is 11.6 Å². The monoisotopic (exact) mass is 235 g/mol. The van der Waals surface area contributed by atoms with Gasteiger partial charge in [-0.05, 0) is 0 Å². The molecule has 0 saturated carbocycles. The van der Waals surface area contributed by atoms with E-state index in [1.165, 1.54) is 12.5 Å². The molecule has 6 nitrogen and oxygen atoms in total. The Bertz CT molecular complexity index is 445. The van der Waals surface area contributed by atoms with Crippen LogP contribution in [0.3, 0.4) is 0 Å². The van der Waals surface area contributed by atoms with Gasteiger partial charge in [-0.25, -0.2) is 9.78 Å². The van der Waals surface area contributed by atoms with Gasteiger partial charge in [0, 0.05) is 32.1 Å². The predicted molar refractivity (Wildman–Crippen MR) is 60.3 cm³/mol. The van der Waals surface area contributed by atoms with Crippen molar-refractivity contribution in [1.82, 2.24) is 14.9 Å². The van der Waals surface area contributed by atoms with E-state index in [1.54, 1.807) is 4.57 Å². The van der Waals surface area contributed by atoms with Crippen LogP contribution in [0.2, 0.25) is 0 Å². The second-order valence-electron chi connectivity index (χ2n) is 3.36. The maximum absolute atomic E-state index is 11.2. The molecule has 17 heavy (non-hydrogen) atoms. The molecule has 0 aliphatic carbocycles. The Morgan fingerprint density at radius 2 is 2.35 bits per heavy atom. The number of carboxylic acids is 1. The third kappa shape index (κ3) is 4.38. The summed E-state index contributed by atoms with van der Waals surface area (Å²) in [7, 11) is 0. The maximum atomic E-state index is 11.2. The number of aromatic carboxylic acids is 1. The normalized spacial score (nSPS) is 9.59. The Kier molecular flexibility index (Phi) is 4.76. The van der Waals surface area contributed by atoms with Crippen molar-refractivity contribution >= 4 is 11.9 Å². The Labute approximate surface area is 98.7 Å². The van der Waals surface area contributed by atoms with Gasteiger partial charge in [-0.2, -0.15) is 0 Å². The highest BCUT2D eigenvalue weighted by Gasteiger charge is 2.06. The van der Waals surface area contributed by atoms with E-state index >= 15 is 0 Å². The largest absolute Gasteiger partial charge is 0.476 e. The number of carbonyl (C=O) groups is 2. The highest BCUT2D eigenvalue weighted by atomic mass is 16.4. The van der Waals surface area contributed by atoms with E-state index in [4.69, 9.17) is 11.5 Å². The van der Waals surface area contributed by atoms with E-state index in [2.05, 4.69) is 16.2 Å². The van der Waals surface area contributed by atoms with Gasteiger partial charge in [-0.1, -0.05) is 0 Å². The average molecular weight is 235 g/mol. The number of aromatic nitrogens is 2. The first-order chi connectivity index (χ1) is 8.13. The summed E-state index contributed by atoms with van der Waals surface area (Å²) < 4.78 is 1.60. The molecule has 1 rings (SSSR count). The Hall–Kier alpha value is -2.29. The van der Waals surface area contributed by atoms with Crippen molar-refractivity contribution in [3.8, 4) is 12.3 Å². The molecule has 0 unspecified atom stereocenters. The minimum absolute atomic E-state index is 0.0105. The van der Waals surface area contributed by atoms with Gasteiger partial charge in [0.05, 0.1) is 6.33 Å². The average Bonchev–Trinajstić information content (AvgIpc) is 2.75. The second kappa shape index (κ2) is 6.33. The molecular weight excluding hydrogens is 222 g/mol. The van der Waals surface area contributed by atoms with Crippen LogP contribution >= 0.6 is 0 Å². The number of amides is 1. The maximum Gasteiger partial charge on any atom is 0.356 e. The minimum Gasteiger partial charge on any atom is -0.476 e. The number of rotatable bonds is 6. The molecule has 0 aliphatic heterocycles. The van der Waals surface area contributed by atoms with Crippen LogP contribution in [0.4, 0.5) is 0 Å². The van der Waals surface area contributed by atoms with E-state index in [0.717, 1.165) is 0 Å². The van der Waals surface area contributed by atoms with Crippen LogP contribution in [0.15, 0.2) is 12.5 Å². The summed E-state index contributed by atoms with van der Waals surface area (Å²) in [6.45, 7) is 0.890. The molecule has 0 bridgehead atoms. The molecule has 1 aromatic heterocycles. The molecule has 2 N–H and O–H groups in total. The lowest BCUT2D eigenvalue weighted by atomic mass is 10.3. The Morgan fingerprint density at radius 1 is 1.59 bits per heavy atom. The van der Waals surface area contributed by atoms with Crippen molar-refractivity contribution in [2.24, 2.45) is 0 Å². The summed E-state index contributed by atoms with van der Waals surface area (Å²) >= 11 is 0. The van der Waals surface area contributed by atoms with Crippen LogP contribution in [-0.4, -0.2) is 33.1 Å². The van der Waals surface area contributed by atoms with Gasteiger partial charge in [0.25, 0.3) is 0 Å². The van der Waals surface area contributed by atoms with Gasteiger partial charge in [-0.3, -0.25) is 4.79 Å². The summed E-state index contributed by atoms with van der Waals surface area (Å²) in [6, 6.07) is 0. The topological polar surface area (TPSA) is 84.2 Å². The molecule has 90 valence electrons. The lowest BCUT2D eigenvalue weighted by Crippen LogP contribution is -2.26. The van der Waals surface area contributed by atoms with Gasteiger partial charge in [0.15, 0.2) is 5.69 Å². The van der Waals surface area contributed by atoms with Gasteiger partial charge >= 0.3 is 5.97 Å². The molecule has 0 aromatic carbocycles. The second-order valence-corrected chi connectivity index (χ2v) is 3.36. The molecule has 0 spiro atoms. The molecule has 0 atom stereocenters. The standard InChI is InChI=1S/C11H13N3O3/c1-2-3-4-10(15)12-5-6-14-7-9(11(16)17)13-8-14/h1,7-8H,3-6H2,(H,12,15)(H,16,17). The van der Waals surface area contributed by atoms with E-state index in [0.29, 0.717) is 25.9 Å². The molecule has 0 saturated heterocycles. The van der Waals surface area contributed by atoms with Gasteiger partial charge in [0.1, 0.15) is 0 Å². The molecule has 1 amide bonds. The van der Waals surface area contributed by atoms with Crippen molar-refractivity contribution in [1.29, 1.82) is 0 Å². The van der Waals surface area contributed by atoms with Crippen LogP contribution in [0.25, 0.3) is 0 Å².